The molecule has 0 aliphatic carbocycles. The first-order chi connectivity index (χ1) is 17.9. The zero-order valence-corrected chi connectivity index (χ0v) is 23.1. The second-order valence-corrected chi connectivity index (χ2v) is 10.7. The van der Waals surface area contributed by atoms with Gasteiger partial charge in [-0.1, -0.05) is 68.4 Å². The average molecular weight is 537 g/mol. The number of benzene rings is 1. The van der Waals surface area contributed by atoms with Gasteiger partial charge in [-0.05, 0) is 55.2 Å². The molecule has 37 heavy (non-hydrogen) atoms. The molecule has 4 rings (SSSR count). The maximum Gasteiger partial charge on any atom is 0.267 e. The van der Waals surface area contributed by atoms with Crippen molar-refractivity contribution in [1.82, 2.24) is 14.3 Å². The SMILES string of the molecule is CCCCCCNc1nc2ccc(C)cn2c(=O)c1/C=C1/SC(=S)N(CCc2ccc(OC)cc2)C1=O. The van der Waals surface area contributed by atoms with Gasteiger partial charge in [-0.2, -0.15) is 0 Å². The van der Waals surface area contributed by atoms with E-state index in [0.717, 1.165) is 36.1 Å². The number of ether oxygens (including phenoxy) is 1. The van der Waals surface area contributed by atoms with E-state index in [9.17, 15) is 9.59 Å². The molecule has 2 aromatic heterocycles. The molecule has 0 unspecified atom stereocenters. The molecule has 1 fully saturated rings. The molecule has 9 heteroatoms. The zero-order valence-electron chi connectivity index (χ0n) is 21.5. The van der Waals surface area contributed by atoms with Crippen LogP contribution in [0.1, 0.15) is 49.3 Å². The number of carbonyl (C=O) groups is 1. The number of hydrogen-bond donors (Lipinski definition) is 1. The first-order valence-corrected chi connectivity index (χ1v) is 13.8. The number of rotatable bonds is 11. The van der Waals surface area contributed by atoms with Crippen molar-refractivity contribution < 1.29 is 9.53 Å². The molecular formula is C28H32N4O3S2. The van der Waals surface area contributed by atoms with Gasteiger partial charge in [0.1, 0.15) is 21.5 Å². The van der Waals surface area contributed by atoms with Gasteiger partial charge in [-0.3, -0.25) is 18.9 Å². The third-order valence-electron chi connectivity index (χ3n) is 6.26. The van der Waals surface area contributed by atoms with E-state index in [0.29, 0.717) is 45.8 Å². The minimum absolute atomic E-state index is 0.189. The third-order valence-corrected chi connectivity index (χ3v) is 7.64. The Kier molecular flexibility index (Phi) is 9.00. The average Bonchev–Trinajstić information content (AvgIpc) is 3.17. The number of pyridine rings is 1. The summed E-state index contributed by atoms with van der Waals surface area (Å²) >= 11 is 6.75. The van der Waals surface area contributed by atoms with Crippen LogP contribution in [0.15, 0.2) is 52.3 Å². The van der Waals surface area contributed by atoms with E-state index in [1.54, 1.807) is 24.3 Å². The smallest absolute Gasteiger partial charge is 0.267 e. The number of thioether (sulfide) groups is 1. The van der Waals surface area contributed by atoms with Crippen molar-refractivity contribution in [2.45, 2.75) is 46.0 Å². The number of anilines is 1. The van der Waals surface area contributed by atoms with Crippen molar-refractivity contribution in [2.24, 2.45) is 0 Å². The predicted molar refractivity (Wildman–Crippen MR) is 155 cm³/mol. The third kappa shape index (κ3) is 6.40. The normalized spacial score (nSPS) is 14.7. The zero-order chi connectivity index (χ0) is 26.4. The van der Waals surface area contributed by atoms with Crippen molar-refractivity contribution in [3.05, 3.63) is 74.5 Å². The largest absolute Gasteiger partial charge is 0.497 e. The van der Waals surface area contributed by atoms with Crippen LogP contribution in [0.2, 0.25) is 0 Å². The second-order valence-electron chi connectivity index (χ2n) is 9.03. The van der Waals surface area contributed by atoms with Crippen LogP contribution >= 0.6 is 24.0 Å². The number of aryl methyl sites for hydroxylation is 1. The molecule has 3 heterocycles. The highest BCUT2D eigenvalue weighted by Gasteiger charge is 2.32. The number of methoxy groups -OCH3 is 1. The molecule has 1 N–H and O–H groups in total. The maximum atomic E-state index is 13.5. The van der Waals surface area contributed by atoms with Crippen LogP contribution in [0.25, 0.3) is 11.7 Å². The summed E-state index contributed by atoms with van der Waals surface area (Å²) < 4.78 is 7.24. The lowest BCUT2D eigenvalue weighted by Gasteiger charge is -2.14. The van der Waals surface area contributed by atoms with Crippen molar-refractivity contribution in [2.75, 3.05) is 25.5 Å². The van der Waals surface area contributed by atoms with Gasteiger partial charge < -0.3 is 10.1 Å². The van der Waals surface area contributed by atoms with Gasteiger partial charge in [0, 0.05) is 19.3 Å². The molecule has 7 nitrogen and oxygen atoms in total. The van der Waals surface area contributed by atoms with E-state index in [1.807, 2.05) is 43.3 Å². The fourth-order valence-corrected chi connectivity index (χ4v) is 5.43. The topological polar surface area (TPSA) is 75.9 Å². The summed E-state index contributed by atoms with van der Waals surface area (Å²) in [5, 5.41) is 3.34. The fraction of sp³-hybridized carbons (Fsp3) is 0.357. The number of carbonyl (C=O) groups excluding carboxylic acids is 1. The Hall–Kier alpha value is -3.17. The number of amides is 1. The molecule has 0 saturated carbocycles. The molecule has 1 aliphatic rings. The summed E-state index contributed by atoms with van der Waals surface area (Å²) in [4.78, 5) is 33.6. The second kappa shape index (κ2) is 12.4. The van der Waals surface area contributed by atoms with Crippen molar-refractivity contribution in [3.8, 4) is 5.75 Å². The van der Waals surface area contributed by atoms with Crippen LogP contribution in [0.3, 0.4) is 0 Å². The summed E-state index contributed by atoms with van der Waals surface area (Å²) in [6.07, 6.45) is 8.49. The first-order valence-electron chi connectivity index (χ1n) is 12.6. The van der Waals surface area contributed by atoms with Crippen molar-refractivity contribution >= 4 is 51.7 Å². The highest BCUT2D eigenvalue weighted by atomic mass is 32.2. The van der Waals surface area contributed by atoms with Crippen LogP contribution in [0, 0.1) is 6.92 Å². The van der Waals surface area contributed by atoms with Gasteiger partial charge in [0.05, 0.1) is 17.6 Å². The minimum atomic E-state index is -0.215. The van der Waals surface area contributed by atoms with Gasteiger partial charge in [0.15, 0.2) is 0 Å². The van der Waals surface area contributed by atoms with Gasteiger partial charge in [-0.25, -0.2) is 4.98 Å². The molecule has 0 radical (unpaired) electrons. The fourth-order valence-electron chi connectivity index (χ4n) is 4.14. The molecule has 0 atom stereocenters. The number of hydrogen-bond acceptors (Lipinski definition) is 7. The first kappa shape index (κ1) is 26.9. The lowest BCUT2D eigenvalue weighted by molar-refractivity contribution is -0.122. The van der Waals surface area contributed by atoms with E-state index >= 15 is 0 Å². The Morgan fingerprint density at radius 1 is 1.11 bits per heavy atom. The summed E-state index contributed by atoms with van der Waals surface area (Å²) in [7, 11) is 1.63. The van der Waals surface area contributed by atoms with Gasteiger partial charge in [-0.15, -0.1) is 0 Å². The van der Waals surface area contributed by atoms with Crippen LogP contribution < -0.4 is 15.6 Å². The standard InChI is InChI=1S/C28H32N4O3S2/c1-4-5-6-7-15-29-25-22(26(33)32-18-19(2)8-13-24(32)30-25)17-23-27(34)31(28(36)37-23)16-14-20-9-11-21(35-3)12-10-20/h8-13,17-18,29H,4-7,14-16H2,1-3H3/b23-17+. The van der Waals surface area contributed by atoms with Crippen LogP contribution in [-0.2, 0) is 11.2 Å². The Morgan fingerprint density at radius 2 is 1.89 bits per heavy atom. The van der Waals surface area contributed by atoms with E-state index in [-0.39, 0.29) is 11.5 Å². The van der Waals surface area contributed by atoms with Crippen LogP contribution in [-0.4, -0.2) is 44.7 Å². The number of thiocarbonyl (C=S) groups is 1. The summed E-state index contributed by atoms with van der Waals surface area (Å²) in [5.74, 6) is 1.09. The Labute approximate surface area is 226 Å². The Morgan fingerprint density at radius 3 is 2.62 bits per heavy atom. The molecule has 1 aromatic carbocycles. The molecule has 1 amide bonds. The van der Waals surface area contributed by atoms with Gasteiger partial charge in [0.2, 0.25) is 0 Å². The van der Waals surface area contributed by atoms with E-state index in [4.69, 9.17) is 21.9 Å². The maximum absolute atomic E-state index is 13.5. The van der Waals surface area contributed by atoms with Crippen molar-refractivity contribution in [1.29, 1.82) is 0 Å². The molecule has 194 valence electrons. The van der Waals surface area contributed by atoms with E-state index < -0.39 is 0 Å². The number of nitrogens with one attached hydrogen (secondary N) is 1. The lowest BCUT2D eigenvalue weighted by atomic mass is 10.1. The van der Waals surface area contributed by atoms with Gasteiger partial charge >= 0.3 is 0 Å². The van der Waals surface area contributed by atoms with Crippen LogP contribution in [0.5, 0.6) is 5.75 Å². The molecule has 1 aliphatic heterocycles. The van der Waals surface area contributed by atoms with E-state index in [2.05, 4.69) is 12.2 Å². The molecule has 0 bridgehead atoms. The Bertz CT molecular complexity index is 1380. The van der Waals surface area contributed by atoms with Gasteiger partial charge in [0.25, 0.3) is 11.5 Å². The number of fused-ring (bicyclic) bond motifs is 1. The number of nitrogens with zero attached hydrogens (tertiary/aromatic N) is 3. The number of aromatic nitrogens is 2. The lowest BCUT2D eigenvalue weighted by Crippen LogP contribution is -2.30. The highest BCUT2D eigenvalue weighted by molar-refractivity contribution is 8.26. The van der Waals surface area contributed by atoms with Crippen LogP contribution in [0.4, 0.5) is 5.82 Å². The summed E-state index contributed by atoms with van der Waals surface area (Å²) in [6.45, 7) is 5.27. The highest BCUT2D eigenvalue weighted by Crippen LogP contribution is 2.33. The molecular weight excluding hydrogens is 504 g/mol. The molecule has 1 saturated heterocycles. The molecule has 0 spiro atoms. The monoisotopic (exact) mass is 536 g/mol. The van der Waals surface area contributed by atoms with E-state index in [1.165, 1.54) is 22.6 Å². The summed E-state index contributed by atoms with van der Waals surface area (Å²) in [6, 6.07) is 11.5. The number of unbranched alkanes of at least 4 members (excludes halogenated alkanes) is 3. The minimum Gasteiger partial charge on any atom is -0.497 e. The van der Waals surface area contributed by atoms with Crippen molar-refractivity contribution in [3.63, 3.8) is 0 Å². The quantitative estimate of drug-likeness (QED) is 0.198. The predicted octanol–water partition coefficient (Wildman–Crippen LogP) is 5.45. The summed E-state index contributed by atoms with van der Waals surface area (Å²) in [5.41, 5.74) is 2.76. The Balaban J connectivity index is 1.59. The molecule has 3 aromatic rings.